The average molecular weight is 320 g/mol. The van der Waals surface area contributed by atoms with Gasteiger partial charge in [-0.2, -0.15) is 0 Å². The van der Waals surface area contributed by atoms with Crippen molar-refractivity contribution in [3.05, 3.63) is 0 Å². The van der Waals surface area contributed by atoms with Crippen LogP contribution in [0.3, 0.4) is 0 Å². The van der Waals surface area contributed by atoms with E-state index in [4.69, 9.17) is 30.8 Å². The van der Waals surface area contributed by atoms with E-state index in [1.807, 2.05) is 0 Å². The summed E-state index contributed by atoms with van der Waals surface area (Å²) < 4.78 is 15.9. The zero-order valence-electron chi connectivity index (χ0n) is 13.0. The van der Waals surface area contributed by atoms with Crippen LogP contribution in [0.25, 0.3) is 0 Å². The highest BCUT2D eigenvalue weighted by molar-refractivity contribution is 5.80. The molecule has 0 bridgehead atoms. The Morgan fingerprint density at radius 1 is 0.909 bits per heavy atom. The van der Waals surface area contributed by atoms with Crippen LogP contribution in [0.4, 0.5) is 0 Å². The molecular formula is C14H28N2O6. The zero-order valence-corrected chi connectivity index (χ0v) is 13.0. The summed E-state index contributed by atoms with van der Waals surface area (Å²) in [6, 6.07) is 0. The van der Waals surface area contributed by atoms with Gasteiger partial charge >= 0.3 is 5.97 Å². The van der Waals surface area contributed by atoms with Gasteiger partial charge in [0.15, 0.2) is 0 Å². The number of amides is 1. The molecular weight excluding hydrogens is 292 g/mol. The number of carboxylic acid groups (broad SMARTS) is 1. The summed E-state index contributed by atoms with van der Waals surface area (Å²) in [5.41, 5.74) is 10.3. The second kappa shape index (κ2) is 14.7. The molecule has 22 heavy (non-hydrogen) atoms. The largest absolute Gasteiger partial charge is 0.481 e. The average Bonchev–Trinajstić information content (AvgIpc) is 2.46. The molecule has 0 saturated heterocycles. The van der Waals surface area contributed by atoms with Gasteiger partial charge in [0, 0.05) is 19.6 Å². The number of ether oxygens (including phenoxy) is 3. The molecule has 0 aromatic rings. The van der Waals surface area contributed by atoms with E-state index in [9.17, 15) is 9.59 Å². The van der Waals surface area contributed by atoms with Crippen LogP contribution in [-0.2, 0) is 23.8 Å². The SMILES string of the molecule is NCCCOCCOCCOCCCC(CC(N)=O)C(=O)O. The molecule has 0 rings (SSSR count). The van der Waals surface area contributed by atoms with Gasteiger partial charge in [0.2, 0.25) is 5.91 Å². The second-order valence-corrected chi connectivity index (χ2v) is 4.83. The minimum Gasteiger partial charge on any atom is -0.481 e. The van der Waals surface area contributed by atoms with E-state index in [0.717, 1.165) is 6.42 Å². The van der Waals surface area contributed by atoms with Gasteiger partial charge in [-0.25, -0.2) is 0 Å². The number of carbonyl (C=O) groups excluding carboxylic acids is 1. The third-order valence-corrected chi connectivity index (χ3v) is 2.87. The van der Waals surface area contributed by atoms with Crippen LogP contribution in [0.5, 0.6) is 0 Å². The molecule has 0 aromatic carbocycles. The molecule has 1 unspecified atom stereocenters. The molecule has 0 aliphatic rings. The number of aliphatic carboxylic acids is 1. The van der Waals surface area contributed by atoms with Crippen molar-refractivity contribution in [2.45, 2.75) is 25.7 Å². The van der Waals surface area contributed by atoms with Crippen LogP contribution in [0, 0.1) is 5.92 Å². The molecule has 0 spiro atoms. The maximum absolute atomic E-state index is 10.9. The van der Waals surface area contributed by atoms with E-state index >= 15 is 0 Å². The quantitative estimate of drug-likeness (QED) is 0.333. The summed E-state index contributed by atoms with van der Waals surface area (Å²) in [4.78, 5) is 21.6. The van der Waals surface area contributed by atoms with E-state index in [-0.39, 0.29) is 6.42 Å². The molecule has 0 aromatic heterocycles. The van der Waals surface area contributed by atoms with E-state index in [0.29, 0.717) is 59.0 Å². The lowest BCUT2D eigenvalue weighted by atomic mass is 10.00. The Bertz CT molecular complexity index is 301. The standard InChI is InChI=1S/C14H28N2O6/c15-4-2-6-21-8-10-22-9-7-20-5-1-3-12(14(18)19)11-13(16)17/h12H,1-11,15H2,(H2,16,17)(H,18,19). The van der Waals surface area contributed by atoms with Gasteiger partial charge in [-0.3, -0.25) is 9.59 Å². The lowest BCUT2D eigenvalue weighted by Gasteiger charge is -2.10. The first-order valence-corrected chi connectivity index (χ1v) is 7.52. The van der Waals surface area contributed by atoms with Crippen LogP contribution < -0.4 is 11.5 Å². The summed E-state index contributed by atoms with van der Waals surface area (Å²) in [5, 5.41) is 8.91. The highest BCUT2D eigenvalue weighted by Crippen LogP contribution is 2.11. The third-order valence-electron chi connectivity index (χ3n) is 2.87. The van der Waals surface area contributed by atoms with Crippen LogP contribution in [0.1, 0.15) is 25.7 Å². The maximum atomic E-state index is 10.9. The summed E-state index contributed by atoms with van der Waals surface area (Å²) in [6.07, 6.45) is 1.64. The maximum Gasteiger partial charge on any atom is 0.307 e. The van der Waals surface area contributed by atoms with Crippen molar-refractivity contribution in [1.82, 2.24) is 0 Å². The van der Waals surface area contributed by atoms with Gasteiger partial charge in [0.25, 0.3) is 0 Å². The first kappa shape index (κ1) is 20.8. The third kappa shape index (κ3) is 13.7. The van der Waals surface area contributed by atoms with Crippen molar-refractivity contribution in [3.63, 3.8) is 0 Å². The summed E-state index contributed by atoms with van der Waals surface area (Å²) in [5.74, 6) is -2.34. The number of carbonyl (C=O) groups is 2. The Kier molecular flexibility index (Phi) is 13.9. The number of carboxylic acids is 1. The first-order chi connectivity index (χ1) is 10.6. The molecule has 1 amide bonds. The fourth-order valence-corrected chi connectivity index (χ4v) is 1.71. The smallest absolute Gasteiger partial charge is 0.307 e. The minimum atomic E-state index is -1.00. The highest BCUT2D eigenvalue weighted by atomic mass is 16.5. The first-order valence-electron chi connectivity index (χ1n) is 7.52. The van der Waals surface area contributed by atoms with Crippen molar-refractivity contribution < 1.29 is 28.9 Å². The molecule has 130 valence electrons. The van der Waals surface area contributed by atoms with Crippen molar-refractivity contribution in [3.8, 4) is 0 Å². The lowest BCUT2D eigenvalue weighted by Crippen LogP contribution is -2.22. The van der Waals surface area contributed by atoms with E-state index in [2.05, 4.69) is 0 Å². The Morgan fingerprint density at radius 2 is 1.41 bits per heavy atom. The van der Waals surface area contributed by atoms with Crippen LogP contribution in [0.2, 0.25) is 0 Å². The van der Waals surface area contributed by atoms with Gasteiger partial charge in [0.1, 0.15) is 0 Å². The Labute approximate surface area is 131 Å². The van der Waals surface area contributed by atoms with Crippen molar-refractivity contribution >= 4 is 11.9 Å². The fourth-order valence-electron chi connectivity index (χ4n) is 1.71. The van der Waals surface area contributed by atoms with Gasteiger partial charge in [0.05, 0.1) is 32.3 Å². The van der Waals surface area contributed by atoms with Gasteiger partial charge in [-0.1, -0.05) is 0 Å². The Morgan fingerprint density at radius 3 is 1.86 bits per heavy atom. The second-order valence-electron chi connectivity index (χ2n) is 4.83. The van der Waals surface area contributed by atoms with Crippen molar-refractivity contribution in [2.75, 3.05) is 46.2 Å². The van der Waals surface area contributed by atoms with Crippen LogP contribution in [-0.4, -0.2) is 63.2 Å². The number of hydrogen-bond donors (Lipinski definition) is 3. The molecule has 0 radical (unpaired) electrons. The van der Waals surface area contributed by atoms with E-state index in [1.54, 1.807) is 0 Å². The molecule has 0 saturated carbocycles. The molecule has 8 heteroatoms. The predicted molar refractivity (Wildman–Crippen MR) is 80.3 cm³/mol. The number of hydrogen-bond acceptors (Lipinski definition) is 6. The number of nitrogens with two attached hydrogens (primary N) is 2. The topological polar surface area (TPSA) is 134 Å². The van der Waals surface area contributed by atoms with Crippen molar-refractivity contribution in [2.24, 2.45) is 17.4 Å². The minimum absolute atomic E-state index is 0.136. The van der Waals surface area contributed by atoms with E-state index < -0.39 is 17.8 Å². The normalized spacial score (nSPS) is 12.2. The molecule has 0 heterocycles. The monoisotopic (exact) mass is 320 g/mol. The number of rotatable bonds is 16. The lowest BCUT2D eigenvalue weighted by molar-refractivity contribution is -0.144. The zero-order chi connectivity index (χ0) is 16.6. The van der Waals surface area contributed by atoms with Gasteiger partial charge in [-0.05, 0) is 25.8 Å². The summed E-state index contributed by atoms with van der Waals surface area (Å²) in [7, 11) is 0. The molecule has 0 fully saturated rings. The summed E-state index contributed by atoms with van der Waals surface area (Å²) in [6.45, 7) is 3.64. The van der Waals surface area contributed by atoms with Crippen molar-refractivity contribution in [1.29, 1.82) is 0 Å². The summed E-state index contributed by atoms with van der Waals surface area (Å²) >= 11 is 0. The molecule has 5 N–H and O–H groups in total. The number of primary amides is 1. The Balaban J connectivity index is 3.35. The molecule has 8 nitrogen and oxygen atoms in total. The van der Waals surface area contributed by atoms with Crippen LogP contribution >= 0.6 is 0 Å². The highest BCUT2D eigenvalue weighted by Gasteiger charge is 2.19. The predicted octanol–water partition coefficient (Wildman–Crippen LogP) is -0.259. The van der Waals surface area contributed by atoms with Gasteiger partial charge < -0.3 is 30.8 Å². The molecule has 0 aliphatic heterocycles. The molecule has 0 aliphatic carbocycles. The Hall–Kier alpha value is -1.22. The fraction of sp³-hybridized carbons (Fsp3) is 0.857. The van der Waals surface area contributed by atoms with Crippen LogP contribution in [0.15, 0.2) is 0 Å². The molecule has 1 atom stereocenters. The van der Waals surface area contributed by atoms with E-state index in [1.165, 1.54) is 0 Å². The van der Waals surface area contributed by atoms with Gasteiger partial charge in [-0.15, -0.1) is 0 Å².